The molecule has 1 heterocycles. The van der Waals surface area contributed by atoms with Crippen molar-refractivity contribution in [3.8, 4) is 0 Å². The van der Waals surface area contributed by atoms with E-state index in [1.807, 2.05) is 11.3 Å². The van der Waals surface area contributed by atoms with Crippen LogP contribution in [0.25, 0.3) is 0 Å². The molecule has 0 aliphatic carbocycles. The Hall–Kier alpha value is 0.140. The van der Waals surface area contributed by atoms with Crippen molar-refractivity contribution in [2.24, 2.45) is 0 Å². The third kappa shape index (κ3) is 3.07. The van der Waals surface area contributed by atoms with Gasteiger partial charge in [-0.25, -0.2) is 0 Å². The first-order valence-corrected chi connectivity index (χ1v) is 6.68. The Balaban J connectivity index is 2.65. The summed E-state index contributed by atoms with van der Waals surface area (Å²) < 4.78 is 1.24. The SMILES string of the molecule is CC(C)NC(C)C(C)c1sccc1Br. The van der Waals surface area contributed by atoms with Gasteiger partial charge in [-0.05, 0) is 34.3 Å². The second-order valence-electron chi connectivity index (χ2n) is 4.03. The van der Waals surface area contributed by atoms with Crippen molar-refractivity contribution in [2.45, 2.75) is 45.7 Å². The van der Waals surface area contributed by atoms with Crippen LogP contribution in [0.1, 0.15) is 38.5 Å². The maximum atomic E-state index is 3.58. The molecule has 0 fully saturated rings. The Bertz CT molecular complexity index is 283. The van der Waals surface area contributed by atoms with Gasteiger partial charge in [-0.2, -0.15) is 0 Å². The zero-order valence-electron chi connectivity index (χ0n) is 9.17. The summed E-state index contributed by atoms with van der Waals surface area (Å²) in [6.07, 6.45) is 0. The summed E-state index contributed by atoms with van der Waals surface area (Å²) in [6.45, 7) is 8.90. The molecule has 0 saturated carbocycles. The lowest BCUT2D eigenvalue weighted by Gasteiger charge is -2.23. The van der Waals surface area contributed by atoms with Crippen LogP contribution in [0.5, 0.6) is 0 Å². The van der Waals surface area contributed by atoms with Crippen molar-refractivity contribution in [1.82, 2.24) is 5.32 Å². The second kappa shape index (κ2) is 5.29. The molecule has 0 spiro atoms. The lowest BCUT2D eigenvalue weighted by molar-refractivity contribution is 0.442. The lowest BCUT2D eigenvalue weighted by atomic mass is 10.0. The van der Waals surface area contributed by atoms with E-state index in [0.29, 0.717) is 18.0 Å². The number of rotatable bonds is 4. The fourth-order valence-corrected chi connectivity index (χ4v) is 3.43. The van der Waals surface area contributed by atoms with Crippen LogP contribution >= 0.6 is 27.3 Å². The lowest BCUT2D eigenvalue weighted by Crippen LogP contribution is -2.35. The van der Waals surface area contributed by atoms with Crippen LogP contribution in [0.15, 0.2) is 15.9 Å². The summed E-state index contributed by atoms with van der Waals surface area (Å²) in [7, 11) is 0. The highest BCUT2D eigenvalue weighted by atomic mass is 79.9. The predicted molar refractivity (Wildman–Crippen MR) is 68.2 cm³/mol. The van der Waals surface area contributed by atoms with E-state index < -0.39 is 0 Å². The van der Waals surface area contributed by atoms with Crippen molar-refractivity contribution in [3.63, 3.8) is 0 Å². The van der Waals surface area contributed by atoms with Crippen LogP contribution in [0.4, 0.5) is 0 Å². The molecule has 2 atom stereocenters. The van der Waals surface area contributed by atoms with Crippen LogP contribution in [0.2, 0.25) is 0 Å². The number of halogens is 1. The summed E-state index contributed by atoms with van der Waals surface area (Å²) in [6, 6.07) is 3.19. The molecule has 80 valence electrons. The molecule has 0 aliphatic rings. The summed E-state index contributed by atoms with van der Waals surface area (Å²) in [5, 5.41) is 5.68. The smallest absolute Gasteiger partial charge is 0.0317 e. The zero-order chi connectivity index (χ0) is 10.7. The molecule has 0 aromatic carbocycles. The predicted octanol–water partition coefficient (Wildman–Crippen LogP) is 4.00. The Morgan fingerprint density at radius 3 is 2.36 bits per heavy atom. The van der Waals surface area contributed by atoms with Crippen molar-refractivity contribution in [3.05, 3.63) is 20.8 Å². The molecule has 1 aromatic rings. The van der Waals surface area contributed by atoms with Crippen LogP contribution in [0.3, 0.4) is 0 Å². The Morgan fingerprint density at radius 1 is 1.29 bits per heavy atom. The van der Waals surface area contributed by atoms with Crippen molar-refractivity contribution >= 4 is 27.3 Å². The van der Waals surface area contributed by atoms with Gasteiger partial charge in [0.2, 0.25) is 0 Å². The molecule has 1 nitrogen and oxygen atoms in total. The van der Waals surface area contributed by atoms with Crippen molar-refractivity contribution in [2.75, 3.05) is 0 Å². The Labute approximate surface area is 99.0 Å². The highest BCUT2D eigenvalue weighted by molar-refractivity contribution is 9.10. The summed E-state index contributed by atoms with van der Waals surface area (Å²) in [5.74, 6) is 0.562. The fourth-order valence-electron chi connectivity index (χ4n) is 1.53. The molecule has 1 rings (SSSR count). The quantitative estimate of drug-likeness (QED) is 0.876. The minimum Gasteiger partial charge on any atom is -0.311 e. The molecular weight excluding hydrogens is 258 g/mol. The van der Waals surface area contributed by atoms with E-state index >= 15 is 0 Å². The molecule has 1 N–H and O–H groups in total. The maximum Gasteiger partial charge on any atom is 0.0317 e. The van der Waals surface area contributed by atoms with E-state index in [1.54, 1.807) is 0 Å². The molecule has 0 radical (unpaired) electrons. The van der Waals surface area contributed by atoms with Gasteiger partial charge in [-0.15, -0.1) is 11.3 Å². The van der Waals surface area contributed by atoms with Gasteiger partial charge in [0.15, 0.2) is 0 Å². The van der Waals surface area contributed by atoms with Crippen LogP contribution in [-0.4, -0.2) is 12.1 Å². The Morgan fingerprint density at radius 2 is 1.93 bits per heavy atom. The molecule has 0 saturated heterocycles. The zero-order valence-corrected chi connectivity index (χ0v) is 11.6. The minimum absolute atomic E-state index is 0.518. The third-order valence-corrected chi connectivity index (χ3v) is 4.48. The van der Waals surface area contributed by atoms with E-state index in [4.69, 9.17) is 0 Å². The van der Waals surface area contributed by atoms with Gasteiger partial charge in [-0.3, -0.25) is 0 Å². The summed E-state index contributed by atoms with van der Waals surface area (Å²) in [5.41, 5.74) is 0. The molecule has 3 heteroatoms. The van der Waals surface area contributed by atoms with Crippen LogP contribution in [0, 0.1) is 0 Å². The van der Waals surface area contributed by atoms with E-state index in [1.165, 1.54) is 9.35 Å². The van der Waals surface area contributed by atoms with Crippen LogP contribution < -0.4 is 5.32 Å². The Kier molecular flexibility index (Phi) is 4.61. The van der Waals surface area contributed by atoms with Gasteiger partial charge in [0.25, 0.3) is 0 Å². The highest BCUT2D eigenvalue weighted by Crippen LogP contribution is 2.32. The molecule has 0 amide bonds. The minimum atomic E-state index is 0.518. The maximum absolute atomic E-state index is 3.58. The molecule has 2 unspecified atom stereocenters. The van der Waals surface area contributed by atoms with Gasteiger partial charge < -0.3 is 5.32 Å². The van der Waals surface area contributed by atoms with E-state index in [2.05, 4.69) is 60.4 Å². The first kappa shape index (κ1) is 12.2. The average molecular weight is 276 g/mol. The molecule has 14 heavy (non-hydrogen) atoms. The van der Waals surface area contributed by atoms with E-state index in [9.17, 15) is 0 Å². The first-order chi connectivity index (χ1) is 6.52. The van der Waals surface area contributed by atoms with Gasteiger partial charge >= 0.3 is 0 Å². The molecular formula is C11H18BrNS. The summed E-state index contributed by atoms with van der Waals surface area (Å²) >= 11 is 5.41. The third-order valence-electron chi connectivity index (χ3n) is 2.40. The normalized spacial score (nSPS) is 15.9. The van der Waals surface area contributed by atoms with Gasteiger partial charge in [0, 0.05) is 27.4 Å². The molecule has 0 aliphatic heterocycles. The number of hydrogen-bond acceptors (Lipinski definition) is 2. The summed E-state index contributed by atoms with van der Waals surface area (Å²) in [4.78, 5) is 1.44. The van der Waals surface area contributed by atoms with Crippen molar-refractivity contribution < 1.29 is 0 Å². The topological polar surface area (TPSA) is 12.0 Å². The second-order valence-corrected chi connectivity index (χ2v) is 5.83. The van der Waals surface area contributed by atoms with Crippen LogP contribution in [-0.2, 0) is 0 Å². The standard InChI is InChI=1S/C11H18BrNS/c1-7(2)13-9(4)8(3)11-10(12)5-6-14-11/h5-9,13H,1-4H3. The monoisotopic (exact) mass is 275 g/mol. The van der Waals surface area contributed by atoms with Gasteiger partial charge in [0.05, 0.1) is 0 Å². The van der Waals surface area contributed by atoms with Gasteiger partial charge in [-0.1, -0.05) is 20.8 Å². The molecule has 1 aromatic heterocycles. The van der Waals surface area contributed by atoms with E-state index in [-0.39, 0.29) is 0 Å². The average Bonchev–Trinajstić information content (AvgIpc) is 2.48. The fraction of sp³-hybridized carbons (Fsp3) is 0.636. The number of thiophene rings is 1. The highest BCUT2D eigenvalue weighted by Gasteiger charge is 2.18. The molecule has 0 bridgehead atoms. The number of hydrogen-bond donors (Lipinski definition) is 1. The van der Waals surface area contributed by atoms with E-state index in [0.717, 1.165) is 0 Å². The van der Waals surface area contributed by atoms with Gasteiger partial charge in [0.1, 0.15) is 0 Å². The first-order valence-electron chi connectivity index (χ1n) is 5.01. The number of nitrogens with one attached hydrogen (secondary N) is 1. The van der Waals surface area contributed by atoms with Crippen molar-refractivity contribution in [1.29, 1.82) is 0 Å². The largest absolute Gasteiger partial charge is 0.311 e.